The van der Waals surface area contributed by atoms with Crippen molar-refractivity contribution in [3.8, 4) is 0 Å². The minimum Gasteiger partial charge on any atom is -0.469 e. The fraction of sp³-hybridized carbons (Fsp3) is 0.979. The van der Waals surface area contributed by atoms with E-state index < -0.39 is 8.32 Å². The molecule has 0 radical (unpaired) electrons. The molecular formula is C95H188O5Si. The van der Waals surface area contributed by atoms with E-state index in [9.17, 15) is 9.59 Å². The van der Waals surface area contributed by atoms with Gasteiger partial charge in [-0.1, -0.05) is 491 Å². The predicted molar refractivity (Wildman–Crippen MR) is 452 cm³/mol. The molecule has 1 fully saturated rings. The van der Waals surface area contributed by atoms with Gasteiger partial charge in [-0.25, -0.2) is 0 Å². The third-order valence-corrected chi connectivity index (χ3v) is 29.5. The Balaban J connectivity index is 1.93. The Morgan fingerprint density at radius 1 is 0.327 bits per heavy atom. The van der Waals surface area contributed by atoms with Crippen LogP contribution in [0.4, 0.5) is 0 Å². The van der Waals surface area contributed by atoms with E-state index in [-0.39, 0.29) is 29.0 Å². The first-order valence-electron chi connectivity index (χ1n) is 47.2. The van der Waals surface area contributed by atoms with Crippen molar-refractivity contribution in [2.75, 3.05) is 7.11 Å². The Kier molecular flexibility index (Phi) is 71.2. The second-order valence-electron chi connectivity index (χ2n) is 35.8. The fourth-order valence-electron chi connectivity index (χ4n) is 16.6. The number of ether oxygens (including phenoxy) is 2. The van der Waals surface area contributed by atoms with Crippen LogP contribution in [-0.2, 0) is 23.5 Å². The Bertz CT molecular complexity index is 1690. The van der Waals surface area contributed by atoms with Crippen LogP contribution in [0.3, 0.4) is 0 Å². The average Bonchev–Trinajstić information content (AvgIpc) is 1.78. The first-order chi connectivity index (χ1) is 49.3. The van der Waals surface area contributed by atoms with Crippen molar-refractivity contribution in [1.29, 1.82) is 0 Å². The summed E-state index contributed by atoms with van der Waals surface area (Å²) in [6.07, 6.45) is 106. The Morgan fingerprint density at radius 2 is 0.545 bits per heavy atom. The molecule has 101 heavy (non-hydrogen) atoms. The van der Waals surface area contributed by atoms with Crippen molar-refractivity contribution < 1.29 is 23.5 Å². The van der Waals surface area contributed by atoms with Gasteiger partial charge in [0, 0.05) is 13.0 Å². The molecule has 0 aromatic rings. The number of rotatable bonds is 83. The zero-order chi connectivity index (χ0) is 73.5. The highest BCUT2D eigenvalue weighted by atomic mass is 28.4. The minimum atomic E-state index is -1.77. The van der Waals surface area contributed by atoms with Crippen LogP contribution in [0.15, 0.2) is 0 Å². The zero-order valence-corrected chi connectivity index (χ0v) is 72.2. The number of carbonyl (C=O) groups is 2. The molecule has 1 rings (SSSR count). The van der Waals surface area contributed by atoms with Crippen LogP contribution in [0, 0.1) is 23.7 Å². The molecule has 0 aromatic heterocycles. The molecule has 0 aromatic carbocycles. The van der Waals surface area contributed by atoms with Crippen LogP contribution < -0.4 is 0 Å². The number of carbonyl (C=O) groups excluding carboxylic acids is 2. The second-order valence-corrected chi connectivity index (χ2v) is 40.6. The summed E-state index contributed by atoms with van der Waals surface area (Å²) in [5.74, 6) is 2.01. The average molecular weight is 1440 g/mol. The van der Waals surface area contributed by atoms with Gasteiger partial charge in [-0.2, -0.15) is 0 Å². The maximum absolute atomic E-state index is 12.9. The van der Waals surface area contributed by atoms with Gasteiger partial charge in [0.2, 0.25) is 0 Å². The maximum atomic E-state index is 12.9. The minimum absolute atomic E-state index is 0.211. The lowest BCUT2D eigenvalue weighted by Crippen LogP contribution is -2.45. The van der Waals surface area contributed by atoms with Crippen molar-refractivity contribution in [3.63, 3.8) is 0 Å². The SMILES string of the molecule is CCCCCCCCCCCCCCCCCCCCCCCC[C@@H](C(=O)OC)[C@@H](CCCCCCCCCCCCCCCCC[C@@H]1C[C@@H]1CCCCCCCCCCCCCCCCCC[C@H](O[Si](C)(C)C(C)(C)C)[C@@H](C)CCCCCCCCCCCCCCCCCC)OC(C)=O. The smallest absolute Gasteiger partial charge is 0.312 e. The van der Waals surface area contributed by atoms with E-state index in [2.05, 4.69) is 54.6 Å². The van der Waals surface area contributed by atoms with Crippen LogP contribution in [-0.4, -0.2) is 39.6 Å². The van der Waals surface area contributed by atoms with E-state index in [0.29, 0.717) is 12.0 Å². The summed E-state index contributed by atoms with van der Waals surface area (Å²) in [7, 11) is -0.288. The lowest BCUT2D eigenvalue weighted by Gasteiger charge is -2.41. The molecule has 0 unspecified atom stereocenters. The zero-order valence-electron chi connectivity index (χ0n) is 71.2. The van der Waals surface area contributed by atoms with Gasteiger partial charge in [-0.3, -0.25) is 9.59 Å². The third-order valence-electron chi connectivity index (χ3n) is 25.0. The van der Waals surface area contributed by atoms with Gasteiger partial charge in [0.1, 0.15) is 6.10 Å². The van der Waals surface area contributed by atoms with Crippen LogP contribution >= 0.6 is 0 Å². The lowest BCUT2D eigenvalue weighted by atomic mass is 9.91. The number of hydrogen-bond donors (Lipinski definition) is 0. The molecule has 1 saturated carbocycles. The van der Waals surface area contributed by atoms with Gasteiger partial charge in [0.05, 0.1) is 13.0 Å². The van der Waals surface area contributed by atoms with Crippen molar-refractivity contribution >= 4 is 20.3 Å². The van der Waals surface area contributed by atoms with Crippen molar-refractivity contribution in [2.45, 2.75) is 567 Å². The normalized spacial score (nSPS) is 15.3. The quantitative estimate of drug-likeness (QED) is 0.0345. The summed E-state index contributed by atoms with van der Waals surface area (Å²) in [6.45, 7) is 20.8. The van der Waals surface area contributed by atoms with E-state index in [1.165, 1.54) is 457 Å². The van der Waals surface area contributed by atoms with Gasteiger partial charge in [-0.15, -0.1) is 0 Å². The first kappa shape index (κ1) is 98.1. The molecular weight excluding hydrogens is 1250 g/mol. The highest BCUT2D eigenvalue weighted by Crippen LogP contribution is 2.46. The van der Waals surface area contributed by atoms with E-state index in [1.807, 2.05) is 0 Å². The van der Waals surface area contributed by atoms with Gasteiger partial charge < -0.3 is 13.9 Å². The van der Waals surface area contributed by atoms with E-state index in [1.54, 1.807) is 6.42 Å². The molecule has 6 atom stereocenters. The highest BCUT2D eigenvalue weighted by Gasteiger charge is 2.40. The molecule has 0 aliphatic heterocycles. The topological polar surface area (TPSA) is 61.8 Å². The van der Waals surface area contributed by atoms with Crippen LogP contribution in [0.25, 0.3) is 0 Å². The van der Waals surface area contributed by atoms with Gasteiger partial charge in [0.15, 0.2) is 8.32 Å². The lowest BCUT2D eigenvalue weighted by molar-refractivity contribution is -0.160. The van der Waals surface area contributed by atoms with E-state index >= 15 is 0 Å². The number of esters is 2. The van der Waals surface area contributed by atoms with E-state index in [4.69, 9.17) is 13.9 Å². The van der Waals surface area contributed by atoms with Crippen LogP contribution in [0.5, 0.6) is 0 Å². The summed E-state index contributed by atoms with van der Waals surface area (Å²) in [5.41, 5.74) is 0. The Labute approximate surface area is 637 Å². The summed E-state index contributed by atoms with van der Waals surface area (Å²) in [6, 6.07) is 0. The number of methoxy groups -OCH3 is 1. The van der Waals surface area contributed by atoms with E-state index in [0.717, 1.165) is 50.4 Å². The summed E-state index contributed by atoms with van der Waals surface area (Å²) >= 11 is 0. The Hall–Kier alpha value is -0.883. The molecule has 0 heterocycles. The Morgan fingerprint density at radius 3 is 0.782 bits per heavy atom. The predicted octanol–water partition coefficient (Wildman–Crippen LogP) is 33.7. The molecule has 1 aliphatic rings. The summed E-state index contributed by atoms with van der Waals surface area (Å²) in [5, 5.41) is 0.284. The second kappa shape index (κ2) is 73.3. The molecule has 5 nitrogen and oxygen atoms in total. The standard InChI is InChI=1S/C95H188O5Si/c1-11-13-15-17-19-21-23-25-27-29-30-31-32-33-34-41-47-53-59-65-71-77-83-91(94(97)98-8)93(99-88(4)96)85-79-73-67-61-55-49-43-37-40-46-52-58-64-70-76-82-90-86-89(90)81-75-69-63-57-51-45-39-35-36-42-48-54-60-66-72-78-84-92(100-101(9,10)95(5,6)7)87(3)80-74-68-62-56-50-44-38-28-26-24-22-20-18-16-14-12-2/h87,89-93H,11-86H2,1-10H3/t87-,89-,90+,91+,92-,93+/m0/s1. The van der Waals surface area contributed by atoms with Gasteiger partial charge in [0.25, 0.3) is 0 Å². The molecule has 6 heteroatoms. The molecule has 0 N–H and O–H groups in total. The monoisotopic (exact) mass is 1440 g/mol. The number of hydrogen-bond acceptors (Lipinski definition) is 5. The molecule has 0 spiro atoms. The van der Waals surface area contributed by atoms with Crippen LogP contribution in [0.2, 0.25) is 18.1 Å². The third kappa shape index (κ3) is 64.8. The highest BCUT2D eigenvalue weighted by molar-refractivity contribution is 6.74. The molecule has 0 saturated heterocycles. The largest absolute Gasteiger partial charge is 0.469 e. The molecule has 602 valence electrons. The fourth-order valence-corrected chi connectivity index (χ4v) is 18.1. The summed E-state index contributed by atoms with van der Waals surface area (Å²) in [4.78, 5) is 25.1. The van der Waals surface area contributed by atoms with Crippen molar-refractivity contribution in [3.05, 3.63) is 0 Å². The van der Waals surface area contributed by atoms with Gasteiger partial charge >= 0.3 is 11.9 Å². The molecule has 1 aliphatic carbocycles. The number of unbranched alkanes of at least 4 members (excludes halogenated alkanes) is 65. The van der Waals surface area contributed by atoms with Crippen molar-refractivity contribution in [1.82, 2.24) is 0 Å². The molecule has 0 bridgehead atoms. The van der Waals surface area contributed by atoms with Crippen LogP contribution in [0.1, 0.15) is 536 Å². The first-order valence-corrected chi connectivity index (χ1v) is 50.1. The van der Waals surface area contributed by atoms with Crippen molar-refractivity contribution in [2.24, 2.45) is 23.7 Å². The maximum Gasteiger partial charge on any atom is 0.312 e. The van der Waals surface area contributed by atoms with Gasteiger partial charge in [-0.05, 0) is 74.4 Å². The molecule has 0 amide bonds. The summed E-state index contributed by atoms with van der Waals surface area (Å²) < 4.78 is 18.2.